The van der Waals surface area contributed by atoms with Crippen LogP contribution in [0, 0.1) is 12.7 Å². The molecule has 0 spiro atoms. The van der Waals surface area contributed by atoms with Crippen molar-refractivity contribution < 1.29 is 13.9 Å². The SMILES string of the molecule is CCOc1ccc(C(=O)NCCc2sc(-c3cccc(F)c3)nc2C)cc1. The molecule has 0 atom stereocenters. The number of hydrogen-bond donors (Lipinski definition) is 1. The fourth-order valence-electron chi connectivity index (χ4n) is 2.67. The van der Waals surface area contributed by atoms with Gasteiger partial charge in [0.05, 0.1) is 12.3 Å². The van der Waals surface area contributed by atoms with Crippen LogP contribution < -0.4 is 10.1 Å². The van der Waals surface area contributed by atoms with Crippen molar-refractivity contribution in [3.8, 4) is 16.3 Å². The zero-order chi connectivity index (χ0) is 19.2. The minimum Gasteiger partial charge on any atom is -0.494 e. The largest absolute Gasteiger partial charge is 0.494 e. The summed E-state index contributed by atoms with van der Waals surface area (Å²) < 4.78 is 18.8. The molecule has 0 radical (unpaired) electrons. The molecule has 0 aliphatic carbocycles. The van der Waals surface area contributed by atoms with Crippen LogP contribution in [0.25, 0.3) is 10.6 Å². The number of nitrogens with zero attached hydrogens (tertiary/aromatic N) is 1. The van der Waals surface area contributed by atoms with Crippen LogP contribution in [0.3, 0.4) is 0 Å². The molecule has 0 aliphatic rings. The summed E-state index contributed by atoms with van der Waals surface area (Å²) >= 11 is 1.53. The van der Waals surface area contributed by atoms with Crippen LogP contribution in [-0.2, 0) is 6.42 Å². The Morgan fingerprint density at radius 2 is 2.00 bits per heavy atom. The molecule has 1 heterocycles. The van der Waals surface area contributed by atoms with Crippen molar-refractivity contribution in [2.75, 3.05) is 13.2 Å². The van der Waals surface area contributed by atoms with E-state index in [2.05, 4.69) is 10.3 Å². The molecule has 3 aromatic rings. The van der Waals surface area contributed by atoms with Crippen LogP contribution in [0.1, 0.15) is 27.9 Å². The smallest absolute Gasteiger partial charge is 0.251 e. The first-order chi connectivity index (χ1) is 13.1. The molecule has 0 bridgehead atoms. The number of aromatic nitrogens is 1. The number of rotatable bonds is 7. The third kappa shape index (κ3) is 4.92. The molecule has 0 saturated heterocycles. The maximum Gasteiger partial charge on any atom is 0.251 e. The molecule has 1 aromatic heterocycles. The highest BCUT2D eigenvalue weighted by atomic mass is 32.1. The number of aryl methyl sites for hydroxylation is 1. The molecule has 0 fully saturated rings. The summed E-state index contributed by atoms with van der Waals surface area (Å²) in [5, 5.41) is 3.71. The number of nitrogens with one attached hydrogen (secondary N) is 1. The molecule has 1 amide bonds. The van der Waals surface area contributed by atoms with Crippen LogP contribution >= 0.6 is 11.3 Å². The van der Waals surface area contributed by atoms with Crippen LogP contribution in [0.2, 0.25) is 0 Å². The van der Waals surface area contributed by atoms with Crippen LogP contribution in [0.4, 0.5) is 4.39 Å². The van der Waals surface area contributed by atoms with E-state index in [1.807, 2.05) is 19.9 Å². The van der Waals surface area contributed by atoms with Gasteiger partial charge >= 0.3 is 0 Å². The summed E-state index contributed by atoms with van der Waals surface area (Å²) in [6.45, 7) is 4.96. The average molecular weight is 384 g/mol. The van der Waals surface area contributed by atoms with Gasteiger partial charge in [-0.25, -0.2) is 9.37 Å². The fraction of sp³-hybridized carbons (Fsp3) is 0.238. The lowest BCUT2D eigenvalue weighted by molar-refractivity contribution is 0.0954. The Bertz CT molecular complexity index is 922. The number of ether oxygens (including phenoxy) is 1. The third-order valence-corrected chi connectivity index (χ3v) is 5.30. The van der Waals surface area contributed by atoms with Crippen LogP contribution in [0.15, 0.2) is 48.5 Å². The first-order valence-electron chi connectivity index (χ1n) is 8.80. The van der Waals surface area contributed by atoms with Gasteiger partial charge in [0, 0.05) is 29.0 Å². The van der Waals surface area contributed by atoms with Crippen molar-refractivity contribution in [2.45, 2.75) is 20.3 Å². The van der Waals surface area contributed by atoms with Crippen molar-refractivity contribution in [3.63, 3.8) is 0 Å². The van der Waals surface area contributed by atoms with Gasteiger partial charge in [0.1, 0.15) is 16.6 Å². The maximum atomic E-state index is 13.4. The molecule has 4 nitrogen and oxygen atoms in total. The van der Waals surface area contributed by atoms with Gasteiger partial charge in [0.25, 0.3) is 5.91 Å². The van der Waals surface area contributed by atoms with Crippen LogP contribution in [-0.4, -0.2) is 24.0 Å². The first kappa shape index (κ1) is 19.0. The lowest BCUT2D eigenvalue weighted by atomic mass is 10.2. The topological polar surface area (TPSA) is 51.2 Å². The monoisotopic (exact) mass is 384 g/mol. The lowest BCUT2D eigenvalue weighted by Gasteiger charge is -2.06. The predicted molar refractivity (Wildman–Crippen MR) is 106 cm³/mol. The lowest BCUT2D eigenvalue weighted by Crippen LogP contribution is -2.25. The third-order valence-electron chi connectivity index (χ3n) is 4.03. The normalized spacial score (nSPS) is 10.6. The fourth-order valence-corrected chi connectivity index (χ4v) is 3.72. The molecule has 140 valence electrons. The second-order valence-electron chi connectivity index (χ2n) is 6.00. The Morgan fingerprint density at radius 1 is 1.22 bits per heavy atom. The van der Waals surface area contributed by atoms with Gasteiger partial charge < -0.3 is 10.1 Å². The maximum absolute atomic E-state index is 13.4. The summed E-state index contributed by atoms with van der Waals surface area (Å²) in [5.74, 6) is 0.356. The van der Waals surface area contributed by atoms with E-state index in [9.17, 15) is 9.18 Å². The van der Waals surface area contributed by atoms with Crippen molar-refractivity contribution in [1.29, 1.82) is 0 Å². The van der Waals surface area contributed by atoms with E-state index in [4.69, 9.17) is 4.74 Å². The number of carbonyl (C=O) groups excluding carboxylic acids is 1. The summed E-state index contributed by atoms with van der Waals surface area (Å²) in [5.41, 5.74) is 2.28. The van der Waals surface area contributed by atoms with E-state index < -0.39 is 0 Å². The van der Waals surface area contributed by atoms with Gasteiger partial charge in [-0.1, -0.05) is 12.1 Å². The zero-order valence-corrected chi connectivity index (χ0v) is 16.1. The molecule has 1 N–H and O–H groups in total. The summed E-state index contributed by atoms with van der Waals surface area (Å²) in [4.78, 5) is 17.9. The highest BCUT2D eigenvalue weighted by Crippen LogP contribution is 2.28. The number of halogens is 1. The van der Waals surface area contributed by atoms with E-state index in [0.29, 0.717) is 25.1 Å². The highest BCUT2D eigenvalue weighted by molar-refractivity contribution is 7.15. The van der Waals surface area contributed by atoms with Gasteiger partial charge in [-0.05, 0) is 50.2 Å². The van der Waals surface area contributed by atoms with Crippen LogP contribution in [0.5, 0.6) is 5.75 Å². The van der Waals surface area contributed by atoms with Crippen molar-refractivity contribution >= 4 is 17.2 Å². The summed E-state index contributed by atoms with van der Waals surface area (Å²) in [6, 6.07) is 13.5. The van der Waals surface area contributed by atoms with Crippen molar-refractivity contribution in [2.24, 2.45) is 0 Å². The number of benzene rings is 2. The number of thiazole rings is 1. The minimum atomic E-state index is -0.274. The van der Waals surface area contributed by atoms with E-state index >= 15 is 0 Å². The zero-order valence-electron chi connectivity index (χ0n) is 15.3. The Morgan fingerprint density at radius 3 is 2.70 bits per heavy atom. The molecule has 27 heavy (non-hydrogen) atoms. The van der Waals surface area contributed by atoms with E-state index in [1.165, 1.54) is 23.5 Å². The quantitative estimate of drug-likeness (QED) is 0.646. The van der Waals surface area contributed by atoms with Gasteiger partial charge in [-0.2, -0.15) is 0 Å². The highest BCUT2D eigenvalue weighted by Gasteiger charge is 2.11. The molecule has 2 aromatic carbocycles. The van der Waals surface area contributed by atoms with Gasteiger partial charge in [0.2, 0.25) is 0 Å². The van der Waals surface area contributed by atoms with Gasteiger partial charge in [-0.3, -0.25) is 4.79 Å². The Hall–Kier alpha value is -2.73. The van der Waals surface area contributed by atoms with E-state index in [1.54, 1.807) is 30.3 Å². The standard InChI is InChI=1S/C21H21FN2O2S/c1-3-26-18-9-7-15(8-10-18)20(25)23-12-11-19-14(2)24-21(27-19)16-5-4-6-17(22)13-16/h4-10,13H,3,11-12H2,1-2H3,(H,23,25). The summed E-state index contributed by atoms with van der Waals surface area (Å²) in [7, 11) is 0. The minimum absolute atomic E-state index is 0.120. The molecule has 3 rings (SSSR count). The molecular weight excluding hydrogens is 363 g/mol. The molecule has 0 aliphatic heterocycles. The Kier molecular flexibility index (Phi) is 6.19. The second kappa shape index (κ2) is 8.77. The van der Waals surface area contributed by atoms with Gasteiger partial charge in [-0.15, -0.1) is 11.3 Å². The molecule has 6 heteroatoms. The van der Waals surface area contributed by atoms with Crippen molar-refractivity contribution in [1.82, 2.24) is 10.3 Å². The Balaban J connectivity index is 1.58. The van der Waals surface area contributed by atoms with Crippen molar-refractivity contribution in [3.05, 3.63) is 70.5 Å². The molecule has 0 unspecified atom stereocenters. The van der Waals surface area contributed by atoms with E-state index in [-0.39, 0.29) is 11.7 Å². The first-order valence-corrected chi connectivity index (χ1v) is 9.61. The second-order valence-corrected chi connectivity index (χ2v) is 7.08. The van der Waals surface area contributed by atoms with E-state index in [0.717, 1.165) is 26.9 Å². The number of amides is 1. The molecular formula is C21H21FN2O2S. The number of hydrogen-bond acceptors (Lipinski definition) is 4. The number of carbonyl (C=O) groups is 1. The molecule has 0 saturated carbocycles. The van der Waals surface area contributed by atoms with Gasteiger partial charge in [0.15, 0.2) is 0 Å². The summed E-state index contributed by atoms with van der Waals surface area (Å²) in [6.07, 6.45) is 0.682. The predicted octanol–water partition coefficient (Wildman–Crippen LogP) is 4.63. The average Bonchev–Trinajstić information content (AvgIpc) is 3.03. The Labute approximate surface area is 162 Å².